The SMILES string of the molecule is C=CC(=O)OCCCCCCOc1ccc(C(=O)Oc2ccc(OC(=O)c3ccc(CCC)cc3)c3nc(/C=C/c4ccc(C)cc4)sc23)cc1. The maximum Gasteiger partial charge on any atom is 0.343 e. The van der Waals surface area contributed by atoms with Crippen molar-refractivity contribution in [2.24, 2.45) is 0 Å². The summed E-state index contributed by atoms with van der Waals surface area (Å²) in [5, 5.41) is 0.660. The van der Waals surface area contributed by atoms with Crippen molar-refractivity contribution in [2.45, 2.75) is 52.4 Å². The van der Waals surface area contributed by atoms with Crippen LogP contribution in [0.2, 0.25) is 0 Å². The second-order valence-corrected chi connectivity index (χ2v) is 13.0. The van der Waals surface area contributed by atoms with Crippen LogP contribution in [0.1, 0.15) is 81.4 Å². The van der Waals surface area contributed by atoms with Gasteiger partial charge in [-0.15, -0.1) is 11.3 Å². The fourth-order valence-corrected chi connectivity index (χ4v) is 6.07. The Labute approximate surface area is 302 Å². The summed E-state index contributed by atoms with van der Waals surface area (Å²) in [6.07, 6.45) is 10.5. The summed E-state index contributed by atoms with van der Waals surface area (Å²) >= 11 is 1.34. The molecule has 1 heterocycles. The second kappa shape index (κ2) is 18.5. The maximum absolute atomic E-state index is 13.3. The molecule has 51 heavy (non-hydrogen) atoms. The lowest BCUT2D eigenvalue weighted by atomic mass is 10.1. The summed E-state index contributed by atoms with van der Waals surface area (Å²) in [5.74, 6) is -0.210. The van der Waals surface area contributed by atoms with E-state index in [-0.39, 0.29) is 5.75 Å². The third-order valence-electron chi connectivity index (χ3n) is 7.92. The first-order valence-electron chi connectivity index (χ1n) is 17.1. The van der Waals surface area contributed by atoms with Gasteiger partial charge in [0.2, 0.25) is 0 Å². The van der Waals surface area contributed by atoms with Crippen LogP contribution in [0.4, 0.5) is 0 Å². The number of rotatable bonds is 17. The van der Waals surface area contributed by atoms with Crippen LogP contribution < -0.4 is 14.2 Å². The number of carbonyl (C=O) groups is 3. The molecular formula is C42H41NO7S. The maximum atomic E-state index is 13.3. The third kappa shape index (κ3) is 10.7. The number of unbranched alkanes of at least 4 members (excludes halogenated alkanes) is 3. The van der Waals surface area contributed by atoms with Gasteiger partial charge in [-0.05, 0) is 105 Å². The number of thiazole rings is 1. The molecule has 0 amide bonds. The van der Waals surface area contributed by atoms with E-state index >= 15 is 0 Å². The number of carbonyl (C=O) groups excluding carboxylic acids is 3. The van der Waals surface area contributed by atoms with E-state index in [1.165, 1.54) is 16.9 Å². The molecule has 0 N–H and O–H groups in total. The predicted octanol–water partition coefficient (Wildman–Crippen LogP) is 9.83. The number of fused-ring (bicyclic) bond motifs is 1. The zero-order chi connectivity index (χ0) is 36.0. The Bertz CT molecular complexity index is 1980. The molecule has 0 bridgehead atoms. The fourth-order valence-electron chi connectivity index (χ4n) is 5.14. The summed E-state index contributed by atoms with van der Waals surface area (Å²) in [4.78, 5) is 42.3. The normalized spacial score (nSPS) is 11.0. The largest absolute Gasteiger partial charge is 0.494 e. The Hall–Kier alpha value is -5.54. The van der Waals surface area contributed by atoms with Gasteiger partial charge in [0.15, 0.2) is 11.5 Å². The van der Waals surface area contributed by atoms with Crippen molar-refractivity contribution in [3.63, 3.8) is 0 Å². The van der Waals surface area contributed by atoms with Crippen LogP contribution in [-0.2, 0) is 16.0 Å². The third-order valence-corrected chi connectivity index (χ3v) is 8.96. The number of hydrogen-bond acceptors (Lipinski definition) is 9. The monoisotopic (exact) mass is 703 g/mol. The van der Waals surface area contributed by atoms with Crippen molar-refractivity contribution in [1.29, 1.82) is 0 Å². The van der Waals surface area contributed by atoms with Crippen LogP contribution in [0, 0.1) is 6.92 Å². The van der Waals surface area contributed by atoms with E-state index in [4.69, 9.17) is 23.9 Å². The summed E-state index contributed by atoms with van der Waals surface area (Å²) < 4.78 is 23.1. The first-order valence-corrected chi connectivity index (χ1v) is 17.9. The van der Waals surface area contributed by atoms with E-state index in [9.17, 15) is 14.4 Å². The van der Waals surface area contributed by atoms with Crippen molar-refractivity contribution in [2.75, 3.05) is 13.2 Å². The Morgan fingerprint density at radius 3 is 2.04 bits per heavy atom. The Kier molecular flexibility index (Phi) is 13.3. The van der Waals surface area contributed by atoms with Gasteiger partial charge in [-0.25, -0.2) is 19.4 Å². The zero-order valence-electron chi connectivity index (χ0n) is 28.9. The van der Waals surface area contributed by atoms with E-state index < -0.39 is 17.9 Å². The highest BCUT2D eigenvalue weighted by Gasteiger charge is 2.20. The van der Waals surface area contributed by atoms with Crippen LogP contribution in [0.15, 0.2) is 97.6 Å². The first-order chi connectivity index (χ1) is 24.8. The molecule has 1 aromatic heterocycles. The molecule has 5 aromatic rings. The van der Waals surface area contributed by atoms with Crippen molar-refractivity contribution in [3.05, 3.63) is 130 Å². The minimum atomic E-state index is -0.540. The minimum absolute atomic E-state index is 0.274. The Morgan fingerprint density at radius 2 is 1.37 bits per heavy atom. The van der Waals surface area contributed by atoms with Crippen LogP contribution in [-0.4, -0.2) is 36.1 Å². The van der Waals surface area contributed by atoms with Crippen LogP contribution in [0.3, 0.4) is 0 Å². The molecule has 0 aliphatic heterocycles. The molecule has 0 unspecified atom stereocenters. The zero-order valence-corrected chi connectivity index (χ0v) is 29.7. The van der Waals surface area contributed by atoms with Gasteiger partial charge < -0.3 is 18.9 Å². The van der Waals surface area contributed by atoms with Gasteiger partial charge >= 0.3 is 17.9 Å². The highest BCUT2D eigenvalue weighted by Crippen LogP contribution is 2.38. The molecule has 0 atom stereocenters. The number of esters is 3. The summed E-state index contributed by atoms with van der Waals surface area (Å²) in [6.45, 7) is 8.44. The predicted molar refractivity (Wildman–Crippen MR) is 202 cm³/mol. The highest BCUT2D eigenvalue weighted by atomic mass is 32.1. The van der Waals surface area contributed by atoms with E-state index in [1.807, 2.05) is 55.5 Å². The second-order valence-electron chi connectivity index (χ2n) is 11.9. The topological polar surface area (TPSA) is 101 Å². The molecule has 0 spiro atoms. The molecule has 0 aliphatic carbocycles. The Balaban J connectivity index is 1.26. The molecular weight excluding hydrogens is 663 g/mol. The lowest BCUT2D eigenvalue weighted by Crippen LogP contribution is -2.10. The van der Waals surface area contributed by atoms with E-state index in [2.05, 4.69) is 13.5 Å². The van der Waals surface area contributed by atoms with Crippen LogP contribution >= 0.6 is 11.3 Å². The molecule has 8 nitrogen and oxygen atoms in total. The van der Waals surface area contributed by atoms with Gasteiger partial charge in [0.05, 0.1) is 24.3 Å². The quantitative estimate of drug-likeness (QED) is 0.0408. The van der Waals surface area contributed by atoms with Gasteiger partial charge in [-0.2, -0.15) is 0 Å². The van der Waals surface area contributed by atoms with Crippen molar-refractivity contribution < 1.29 is 33.3 Å². The van der Waals surface area contributed by atoms with Gasteiger partial charge in [0, 0.05) is 6.08 Å². The molecule has 0 saturated carbocycles. The van der Waals surface area contributed by atoms with Crippen molar-refractivity contribution in [1.82, 2.24) is 4.98 Å². The number of ether oxygens (including phenoxy) is 4. The van der Waals surface area contributed by atoms with E-state index in [0.717, 1.165) is 55.7 Å². The van der Waals surface area contributed by atoms with Crippen molar-refractivity contribution in [3.8, 4) is 17.2 Å². The van der Waals surface area contributed by atoms with Crippen molar-refractivity contribution >= 4 is 51.6 Å². The number of aromatic nitrogens is 1. The van der Waals surface area contributed by atoms with E-state index in [1.54, 1.807) is 48.5 Å². The standard InChI is InChI=1S/C42H41NO7S/c1-4-10-30-15-18-32(19-16-30)41(45)49-35-24-25-36(40-39(35)43-37(51-40)26-17-31-13-11-29(3)12-14-31)50-42(46)33-20-22-34(23-21-33)47-27-8-6-7-9-28-48-38(44)5-2/h5,11-26H,2,4,6-10,27-28H2,1,3H3/b26-17+. The van der Waals surface area contributed by atoms with Gasteiger partial charge in [0.25, 0.3) is 0 Å². The first kappa shape index (κ1) is 36.7. The molecule has 5 rings (SSSR count). The summed E-state index contributed by atoms with van der Waals surface area (Å²) in [5.41, 5.74) is 4.55. The average molecular weight is 704 g/mol. The minimum Gasteiger partial charge on any atom is -0.494 e. The van der Waals surface area contributed by atoms with E-state index in [0.29, 0.717) is 51.1 Å². The molecule has 262 valence electrons. The van der Waals surface area contributed by atoms with Gasteiger partial charge in [-0.3, -0.25) is 0 Å². The summed E-state index contributed by atoms with van der Waals surface area (Å²) in [6, 6.07) is 25.5. The number of hydrogen-bond donors (Lipinski definition) is 0. The highest BCUT2D eigenvalue weighted by molar-refractivity contribution is 7.19. The van der Waals surface area contributed by atoms with Crippen LogP contribution in [0.5, 0.6) is 17.2 Å². The molecule has 9 heteroatoms. The lowest BCUT2D eigenvalue weighted by molar-refractivity contribution is -0.137. The number of aryl methyl sites for hydroxylation is 2. The van der Waals surface area contributed by atoms with Gasteiger partial charge in [0.1, 0.15) is 21.0 Å². The number of nitrogens with zero attached hydrogens (tertiary/aromatic N) is 1. The van der Waals surface area contributed by atoms with Gasteiger partial charge in [-0.1, -0.05) is 68.0 Å². The smallest absolute Gasteiger partial charge is 0.343 e. The summed E-state index contributed by atoms with van der Waals surface area (Å²) in [7, 11) is 0. The molecule has 0 saturated heterocycles. The molecule has 4 aromatic carbocycles. The lowest BCUT2D eigenvalue weighted by Gasteiger charge is -2.10. The number of benzene rings is 4. The molecule has 0 fully saturated rings. The van der Waals surface area contributed by atoms with Crippen LogP contribution in [0.25, 0.3) is 22.4 Å². The molecule has 0 radical (unpaired) electrons. The Morgan fingerprint density at radius 1 is 0.745 bits per heavy atom. The fraction of sp³-hybridized carbons (Fsp3) is 0.238. The average Bonchev–Trinajstić information content (AvgIpc) is 3.59. The molecule has 0 aliphatic rings.